The molecule has 1 aliphatic heterocycles. The van der Waals surface area contributed by atoms with E-state index < -0.39 is 94.3 Å². The number of aliphatic hydroxyl groups excluding tert-OH is 1. The normalized spacial score (nSPS) is 28.2. The van der Waals surface area contributed by atoms with Gasteiger partial charge < -0.3 is 45.5 Å². The topological polar surface area (TPSA) is 230 Å². The highest BCUT2D eigenvalue weighted by Gasteiger charge is 2.49. The zero-order chi connectivity index (χ0) is 33.2. The Bertz CT molecular complexity index is 1600. The van der Waals surface area contributed by atoms with Crippen LogP contribution in [-0.4, -0.2) is 84.6 Å². The number of phenols is 3. The summed E-state index contributed by atoms with van der Waals surface area (Å²) >= 11 is 0. The van der Waals surface area contributed by atoms with Crippen molar-refractivity contribution in [3.05, 3.63) is 51.6 Å². The maximum absolute atomic E-state index is 13.6. The molecule has 14 nitrogen and oxygen atoms in total. The quantitative estimate of drug-likeness (QED) is 0.125. The van der Waals surface area contributed by atoms with Gasteiger partial charge in [0.25, 0.3) is 0 Å². The molecule has 5 rings (SSSR count). The molecule has 1 amide bonds. The fraction of sp³-hybridized carbons (Fsp3) is 0.484. The Hall–Kier alpha value is -4.08. The molecule has 2 aromatic rings. The number of carbonyl (C=O) groups is 3. The number of fused-ring (bicyclic) bond motifs is 3. The summed E-state index contributed by atoms with van der Waals surface area (Å²) in [6, 6.07) is 3.18. The van der Waals surface area contributed by atoms with Crippen molar-refractivity contribution in [1.29, 1.82) is 0 Å². The number of phenolic OH excluding ortho intramolecular Hbond substituents is 3. The van der Waals surface area contributed by atoms with Gasteiger partial charge in [0.1, 0.15) is 28.5 Å². The number of carbonyl (C=O) groups excluding carboxylic acids is 3. The van der Waals surface area contributed by atoms with E-state index in [2.05, 4.69) is 10.5 Å². The first-order valence-electron chi connectivity index (χ1n) is 14.5. The Labute approximate surface area is 258 Å². The number of hydrazone groups is 1. The number of hydrogen-bond acceptors (Lipinski definition) is 13. The predicted molar refractivity (Wildman–Crippen MR) is 157 cm³/mol. The van der Waals surface area contributed by atoms with E-state index in [0.29, 0.717) is 0 Å². The highest BCUT2D eigenvalue weighted by molar-refractivity contribution is 6.31. The Balaban J connectivity index is 1.62. The average Bonchev–Trinajstić information content (AvgIpc) is 2.93. The molecular formula is C31H37N3O11. The molecule has 3 aliphatic rings. The van der Waals surface area contributed by atoms with Crippen molar-refractivity contribution in [2.24, 2.45) is 10.8 Å². The Morgan fingerprint density at radius 1 is 1.11 bits per heavy atom. The molecule has 2 aliphatic carbocycles. The molecule has 45 heavy (non-hydrogen) atoms. The molecule has 1 heterocycles. The molecule has 2 aromatic carbocycles. The Morgan fingerprint density at radius 3 is 2.42 bits per heavy atom. The van der Waals surface area contributed by atoms with Gasteiger partial charge in [-0.3, -0.25) is 9.59 Å². The zero-order valence-electron chi connectivity index (χ0n) is 25.5. The number of ether oxygens (including phenoxy) is 3. The summed E-state index contributed by atoms with van der Waals surface area (Å²) < 4.78 is 17.2. The van der Waals surface area contributed by atoms with Gasteiger partial charge in [0.2, 0.25) is 5.78 Å². The maximum Gasteiger partial charge on any atom is 0.428 e. The van der Waals surface area contributed by atoms with Crippen LogP contribution in [0, 0.1) is 0 Å². The van der Waals surface area contributed by atoms with Gasteiger partial charge in [0.15, 0.2) is 12.1 Å². The third kappa shape index (κ3) is 5.75. The van der Waals surface area contributed by atoms with Crippen molar-refractivity contribution in [2.75, 3.05) is 0 Å². The number of benzene rings is 2. The number of nitrogens with zero attached hydrogens (tertiary/aromatic N) is 1. The molecule has 0 saturated carbocycles. The molecule has 14 heteroatoms. The van der Waals surface area contributed by atoms with Gasteiger partial charge in [0.05, 0.1) is 40.7 Å². The van der Waals surface area contributed by atoms with Crippen molar-refractivity contribution in [1.82, 2.24) is 5.43 Å². The molecule has 6 atom stereocenters. The fourth-order valence-electron chi connectivity index (χ4n) is 6.04. The largest absolute Gasteiger partial charge is 0.507 e. The SMILES string of the molecule is C/C(=N\NC(=O)OC(C)(C)C)C1(O)Cc2c(O)c3c(c(O)c2C(OC2CC(N)C(O)C(C)O2)C1)C(=O)c1c(O)cccc1C3=O. The predicted octanol–water partition coefficient (Wildman–Crippen LogP) is 2.04. The van der Waals surface area contributed by atoms with Gasteiger partial charge >= 0.3 is 6.09 Å². The first-order chi connectivity index (χ1) is 20.9. The number of amides is 1. The minimum atomic E-state index is -1.93. The second-order valence-electron chi connectivity index (χ2n) is 12.7. The number of ketones is 2. The van der Waals surface area contributed by atoms with Crippen LogP contribution in [0.1, 0.15) is 96.5 Å². The van der Waals surface area contributed by atoms with Gasteiger partial charge in [-0.2, -0.15) is 5.10 Å². The van der Waals surface area contributed by atoms with E-state index in [1.54, 1.807) is 27.7 Å². The van der Waals surface area contributed by atoms with Crippen molar-refractivity contribution in [3.8, 4) is 17.2 Å². The van der Waals surface area contributed by atoms with Crippen LogP contribution in [0.25, 0.3) is 0 Å². The lowest BCUT2D eigenvalue weighted by atomic mass is 9.72. The highest BCUT2D eigenvalue weighted by atomic mass is 16.7. The minimum absolute atomic E-state index is 0.0213. The van der Waals surface area contributed by atoms with Gasteiger partial charge in [-0.1, -0.05) is 12.1 Å². The van der Waals surface area contributed by atoms with Crippen LogP contribution in [0.2, 0.25) is 0 Å². The fourth-order valence-corrected chi connectivity index (χ4v) is 6.04. The summed E-state index contributed by atoms with van der Waals surface area (Å²) in [6.07, 6.45) is -5.61. The molecule has 0 bridgehead atoms. The van der Waals surface area contributed by atoms with Gasteiger partial charge in [-0.15, -0.1) is 0 Å². The van der Waals surface area contributed by atoms with E-state index in [9.17, 15) is 39.9 Å². The lowest BCUT2D eigenvalue weighted by molar-refractivity contribution is -0.245. The molecule has 1 fully saturated rings. The lowest BCUT2D eigenvalue weighted by Gasteiger charge is -2.42. The third-order valence-electron chi connectivity index (χ3n) is 8.33. The van der Waals surface area contributed by atoms with Gasteiger partial charge in [-0.25, -0.2) is 10.2 Å². The summed E-state index contributed by atoms with van der Waals surface area (Å²) in [5.74, 6) is -3.53. The zero-order valence-corrected chi connectivity index (χ0v) is 25.5. The lowest BCUT2D eigenvalue weighted by Crippen LogP contribution is -2.52. The van der Waals surface area contributed by atoms with E-state index in [1.807, 2.05) is 0 Å². The average molecular weight is 628 g/mol. The third-order valence-corrected chi connectivity index (χ3v) is 8.33. The summed E-state index contributed by atoms with van der Waals surface area (Å²) in [5.41, 5.74) is 3.85. The Morgan fingerprint density at radius 2 is 1.78 bits per heavy atom. The second kappa shape index (κ2) is 11.4. The molecule has 6 unspecified atom stereocenters. The molecule has 8 N–H and O–H groups in total. The maximum atomic E-state index is 13.6. The van der Waals surface area contributed by atoms with Crippen molar-refractivity contribution >= 4 is 23.4 Å². The first-order valence-corrected chi connectivity index (χ1v) is 14.5. The van der Waals surface area contributed by atoms with Crippen molar-refractivity contribution in [2.45, 2.75) is 95.7 Å². The van der Waals surface area contributed by atoms with Crippen LogP contribution in [0.5, 0.6) is 17.2 Å². The van der Waals surface area contributed by atoms with Crippen LogP contribution in [0.3, 0.4) is 0 Å². The van der Waals surface area contributed by atoms with Crippen LogP contribution >= 0.6 is 0 Å². The second-order valence-corrected chi connectivity index (χ2v) is 12.7. The molecular weight excluding hydrogens is 590 g/mol. The van der Waals surface area contributed by atoms with E-state index in [0.717, 1.165) is 0 Å². The summed E-state index contributed by atoms with van der Waals surface area (Å²) in [7, 11) is 0. The Kier molecular flexibility index (Phi) is 8.17. The number of hydrogen-bond donors (Lipinski definition) is 7. The molecule has 1 saturated heterocycles. The number of rotatable bonds is 4. The summed E-state index contributed by atoms with van der Waals surface area (Å²) in [4.78, 5) is 39.5. The van der Waals surface area contributed by atoms with Crippen LogP contribution in [0.4, 0.5) is 4.79 Å². The van der Waals surface area contributed by atoms with E-state index in [-0.39, 0.29) is 40.8 Å². The summed E-state index contributed by atoms with van der Waals surface area (Å²) in [6.45, 7) is 8.01. The monoisotopic (exact) mass is 627 g/mol. The van der Waals surface area contributed by atoms with Crippen LogP contribution in [0.15, 0.2) is 23.3 Å². The summed E-state index contributed by atoms with van der Waals surface area (Å²) in [5, 5.41) is 59.8. The highest BCUT2D eigenvalue weighted by Crippen LogP contribution is 2.52. The van der Waals surface area contributed by atoms with Crippen LogP contribution in [-0.2, 0) is 20.6 Å². The molecule has 0 radical (unpaired) electrons. The van der Waals surface area contributed by atoms with E-state index in [4.69, 9.17) is 19.9 Å². The van der Waals surface area contributed by atoms with Crippen molar-refractivity contribution < 1.29 is 54.1 Å². The molecule has 0 aromatic heterocycles. The van der Waals surface area contributed by atoms with Crippen LogP contribution < -0.4 is 11.2 Å². The van der Waals surface area contributed by atoms with Crippen molar-refractivity contribution in [3.63, 3.8) is 0 Å². The molecule has 242 valence electrons. The van der Waals surface area contributed by atoms with E-state index >= 15 is 0 Å². The number of aliphatic hydroxyl groups is 2. The minimum Gasteiger partial charge on any atom is -0.507 e. The standard InChI is InChI=1S/C31H37N3O11/c1-12-24(36)16(32)9-19(43-12)44-18-11-31(42,13(2)33-34-29(41)45-30(3,4)5)10-15-21(18)28(40)23-22(26(15)38)25(37)14-7-6-8-17(35)20(14)27(23)39/h6-8,12,16,18-19,24,35-36,38,40,42H,9-11,32H2,1-5H3,(H,34,41)/b33-13+. The number of nitrogens with two attached hydrogens (primary N) is 1. The van der Waals surface area contributed by atoms with Gasteiger partial charge in [-0.05, 0) is 40.7 Å². The van der Waals surface area contributed by atoms with E-state index in [1.165, 1.54) is 25.1 Å². The smallest absolute Gasteiger partial charge is 0.428 e. The molecule has 0 spiro atoms. The number of nitrogens with one attached hydrogen (secondary N) is 1. The number of aromatic hydroxyl groups is 3. The van der Waals surface area contributed by atoms with Gasteiger partial charge in [0, 0.05) is 42.0 Å². The first kappa shape index (κ1) is 32.3.